The Balaban J connectivity index is 1.51. The molecule has 1 aliphatic rings. The summed E-state index contributed by atoms with van der Waals surface area (Å²) in [7, 11) is 0. The van der Waals surface area contributed by atoms with E-state index in [-0.39, 0.29) is 11.8 Å². The topological polar surface area (TPSA) is 75.4 Å². The third kappa shape index (κ3) is 4.11. The third-order valence-electron chi connectivity index (χ3n) is 3.15. The van der Waals surface area contributed by atoms with E-state index in [0.717, 1.165) is 0 Å². The van der Waals surface area contributed by atoms with Gasteiger partial charge in [0.1, 0.15) is 10.1 Å². The minimum absolute atomic E-state index is 0.124. The van der Waals surface area contributed by atoms with Crippen LogP contribution in [0.1, 0.15) is 18.6 Å². The number of thioether (sulfide) groups is 1. The molecule has 24 heavy (non-hydrogen) atoms. The summed E-state index contributed by atoms with van der Waals surface area (Å²) in [4.78, 5) is 30.2. The minimum atomic E-state index is -0.151. The summed E-state index contributed by atoms with van der Waals surface area (Å²) in [6, 6.07) is 3.53. The van der Waals surface area contributed by atoms with E-state index in [9.17, 15) is 9.59 Å². The van der Waals surface area contributed by atoms with Crippen LogP contribution >= 0.6 is 35.3 Å². The fourth-order valence-corrected chi connectivity index (χ4v) is 3.89. The maximum absolute atomic E-state index is 12.4. The highest BCUT2D eigenvalue weighted by molar-refractivity contribution is 8.26. The smallest absolute Gasteiger partial charge is 0.266 e. The van der Waals surface area contributed by atoms with Crippen molar-refractivity contribution in [2.45, 2.75) is 12.8 Å². The van der Waals surface area contributed by atoms with Crippen molar-refractivity contribution in [1.82, 2.24) is 9.88 Å². The lowest BCUT2D eigenvalue weighted by Crippen LogP contribution is -2.29. The predicted molar refractivity (Wildman–Crippen MR) is 98.6 cm³/mol. The Morgan fingerprint density at radius 1 is 1.50 bits per heavy atom. The molecule has 0 aliphatic carbocycles. The highest BCUT2D eigenvalue weighted by Crippen LogP contribution is 2.32. The first-order valence-corrected chi connectivity index (χ1v) is 9.22. The molecule has 1 saturated heterocycles. The van der Waals surface area contributed by atoms with Crippen molar-refractivity contribution in [3.8, 4) is 0 Å². The molecule has 124 valence electrons. The van der Waals surface area contributed by atoms with Gasteiger partial charge >= 0.3 is 0 Å². The zero-order chi connectivity index (χ0) is 16.9. The minimum Gasteiger partial charge on any atom is -0.465 e. The van der Waals surface area contributed by atoms with Crippen molar-refractivity contribution in [3.63, 3.8) is 0 Å². The van der Waals surface area contributed by atoms with E-state index in [2.05, 4.69) is 10.3 Å². The SMILES string of the molecule is O=C(CCCN1C(=O)C(=Cc2ccco2)SC1=S)Nc1nccs1. The van der Waals surface area contributed by atoms with Crippen LogP contribution in [0.15, 0.2) is 39.3 Å². The number of anilines is 1. The van der Waals surface area contributed by atoms with E-state index in [0.29, 0.717) is 39.5 Å². The number of thiocarbonyl (C=S) groups is 1. The quantitative estimate of drug-likeness (QED) is 0.613. The fourth-order valence-electron chi connectivity index (χ4n) is 2.06. The standard InChI is InChI=1S/C15H13N3O3S3/c19-12(17-14-16-5-8-23-14)4-1-6-18-13(20)11(24-15(18)22)9-10-3-2-7-21-10/h2-3,5,7-9H,1,4,6H2,(H,16,17,19). The number of carbonyl (C=O) groups is 2. The van der Waals surface area contributed by atoms with Gasteiger partial charge in [0.25, 0.3) is 5.91 Å². The molecule has 0 aromatic carbocycles. The van der Waals surface area contributed by atoms with Crippen molar-refractivity contribution < 1.29 is 14.0 Å². The summed E-state index contributed by atoms with van der Waals surface area (Å²) in [6.07, 6.45) is 5.68. The van der Waals surface area contributed by atoms with Gasteiger partial charge < -0.3 is 9.73 Å². The molecule has 0 spiro atoms. The van der Waals surface area contributed by atoms with Gasteiger partial charge in [-0.25, -0.2) is 4.98 Å². The monoisotopic (exact) mass is 379 g/mol. The van der Waals surface area contributed by atoms with Crippen LogP contribution in [0, 0.1) is 0 Å². The van der Waals surface area contributed by atoms with Crippen LogP contribution in [-0.2, 0) is 9.59 Å². The molecule has 6 nitrogen and oxygen atoms in total. The predicted octanol–water partition coefficient (Wildman–Crippen LogP) is 3.36. The van der Waals surface area contributed by atoms with Crippen LogP contribution in [0.3, 0.4) is 0 Å². The Labute approximate surface area is 151 Å². The van der Waals surface area contributed by atoms with E-state index in [1.807, 2.05) is 0 Å². The van der Waals surface area contributed by atoms with E-state index in [1.165, 1.54) is 28.0 Å². The number of hydrogen-bond donors (Lipinski definition) is 1. The van der Waals surface area contributed by atoms with Crippen LogP contribution in [-0.4, -0.2) is 32.6 Å². The second-order valence-electron chi connectivity index (χ2n) is 4.84. The van der Waals surface area contributed by atoms with Gasteiger partial charge in [0.2, 0.25) is 5.91 Å². The van der Waals surface area contributed by atoms with Crippen LogP contribution in [0.4, 0.5) is 5.13 Å². The Kier molecular flexibility index (Phi) is 5.44. The first-order chi connectivity index (χ1) is 11.6. The normalized spacial score (nSPS) is 16.2. The highest BCUT2D eigenvalue weighted by Gasteiger charge is 2.31. The molecular weight excluding hydrogens is 366 g/mol. The summed E-state index contributed by atoms with van der Waals surface area (Å²) < 4.78 is 5.71. The molecule has 2 aromatic rings. The summed E-state index contributed by atoms with van der Waals surface area (Å²) in [5, 5.41) is 5.08. The van der Waals surface area contributed by atoms with Crippen molar-refractivity contribution in [2.75, 3.05) is 11.9 Å². The summed E-state index contributed by atoms with van der Waals surface area (Å²) in [5.74, 6) is 0.335. The molecule has 2 amide bonds. The van der Waals surface area contributed by atoms with Gasteiger partial charge in [-0.1, -0.05) is 24.0 Å². The molecule has 1 fully saturated rings. The number of nitrogens with zero attached hydrogens (tertiary/aromatic N) is 2. The lowest BCUT2D eigenvalue weighted by atomic mass is 10.2. The Bertz CT molecular complexity index is 769. The van der Waals surface area contributed by atoms with E-state index < -0.39 is 0 Å². The molecular formula is C15H13N3O3S3. The number of rotatable bonds is 6. The fraction of sp³-hybridized carbons (Fsp3) is 0.200. The Morgan fingerprint density at radius 3 is 3.08 bits per heavy atom. The maximum Gasteiger partial charge on any atom is 0.266 e. The number of nitrogens with one attached hydrogen (secondary N) is 1. The lowest BCUT2D eigenvalue weighted by Gasteiger charge is -2.13. The average molecular weight is 379 g/mol. The number of aromatic nitrogens is 1. The van der Waals surface area contributed by atoms with Gasteiger partial charge in [0.15, 0.2) is 5.13 Å². The van der Waals surface area contributed by atoms with E-state index >= 15 is 0 Å². The Morgan fingerprint density at radius 2 is 2.38 bits per heavy atom. The van der Waals surface area contributed by atoms with Crippen molar-refractivity contribution in [2.24, 2.45) is 0 Å². The van der Waals surface area contributed by atoms with Crippen LogP contribution < -0.4 is 5.32 Å². The van der Waals surface area contributed by atoms with Crippen LogP contribution in [0.2, 0.25) is 0 Å². The van der Waals surface area contributed by atoms with Gasteiger partial charge in [-0.15, -0.1) is 11.3 Å². The molecule has 1 N–H and O–H groups in total. The van der Waals surface area contributed by atoms with Crippen molar-refractivity contribution in [1.29, 1.82) is 0 Å². The summed E-state index contributed by atoms with van der Waals surface area (Å²) in [5.41, 5.74) is 0. The number of thiazole rings is 1. The van der Waals surface area contributed by atoms with Gasteiger partial charge in [0, 0.05) is 30.6 Å². The summed E-state index contributed by atoms with van der Waals surface area (Å²) in [6.45, 7) is 0.408. The number of carbonyl (C=O) groups excluding carboxylic acids is 2. The number of amides is 2. The molecule has 0 radical (unpaired) electrons. The first-order valence-electron chi connectivity index (χ1n) is 7.12. The molecule has 3 heterocycles. The first kappa shape index (κ1) is 16.9. The zero-order valence-electron chi connectivity index (χ0n) is 12.4. The molecule has 0 saturated carbocycles. The van der Waals surface area contributed by atoms with Gasteiger partial charge in [-0.3, -0.25) is 14.5 Å². The molecule has 1 aliphatic heterocycles. The van der Waals surface area contributed by atoms with E-state index in [1.54, 1.807) is 36.0 Å². The second kappa shape index (κ2) is 7.73. The zero-order valence-corrected chi connectivity index (χ0v) is 14.9. The van der Waals surface area contributed by atoms with Gasteiger partial charge in [-0.05, 0) is 18.6 Å². The summed E-state index contributed by atoms with van der Waals surface area (Å²) >= 11 is 7.86. The lowest BCUT2D eigenvalue weighted by molar-refractivity contribution is -0.122. The van der Waals surface area contributed by atoms with Crippen molar-refractivity contribution in [3.05, 3.63) is 40.6 Å². The van der Waals surface area contributed by atoms with Gasteiger partial charge in [0.05, 0.1) is 11.2 Å². The maximum atomic E-state index is 12.4. The highest BCUT2D eigenvalue weighted by atomic mass is 32.2. The molecule has 2 aromatic heterocycles. The average Bonchev–Trinajstić information content (AvgIpc) is 3.27. The van der Waals surface area contributed by atoms with E-state index in [4.69, 9.17) is 16.6 Å². The molecule has 3 rings (SSSR count). The van der Waals surface area contributed by atoms with Crippen LogP contribution in [0.5, 0.6) is 0 Å². The molecule has 0 atom stereocenters. The molecule has 0 unspecified atom stereocenters. The second-order valence-corrected chi connectivity index (χ2v) is 7.41. The molecule has 9 heteroatoms. The molecule has 0 bridgehead atoms. The van der Waals surface area contributed by atoms with Crippen molar-refractivity contribution >= 4 is 62.7 Å². The number of hydrogen-bond acceptors (Lipinski definition) is 7. The third-order valence-corrected chi connectivity index (χ3v) is 5.22. The van der Waals surface area contributed by atoms with Gasteiger partial charge in [-0.2, -0.15) is 0 Å². The number of furan rings is 1. The Hall–Kier alpha value is -1.97. The largest absolute Gasteiger partial charge is 0.465 e. The van der Waals surface area contributed by atoms with Crippen LogP contribution in [0.25, 0.3) is 6.08 Å².